The minimum absolute atomic E-state index is 0.278. The molecule has 1 heterocycles. The van der Waals surface area contributed by atoms with Crippen LogP contribution < -0.4 is 0 Å². The third-order valence-corrected chi connectivity index (χ3v) is 8.91. The molecular weight excluding hydrogens is 252 g/mol. The molecule has 1 aliphatic heterocycles. The zero-order valence-corrected chi connectivity index (χ0v) is 14.7. The van der Waals surface area contributed by atoms with Gasteiger partial charge in [0.25, 0.3) is 0 Å². The molecule has 0 aromatic rings. The molecule has 2 atom stereocenters. The predicted molar refractivity (Wildman–Crippen MR) is 84.8 cm³/mol. The van der Waals surface area contributed by atoms with Crippen LogP contribution >= 0.6 is 0 Å². The number of ether oxygens (including phenoxy) is 1. The van der Waals surface area contributed by atoms with Gasteiger partial charge in [-0.3, -0.25) is 0 Å². The molecule has 1 fully saturated rings. The van der Waals surface area contributed by atoms with Crippen LogP contribution in [-0.4, -0.2) is 20.5 Å². The fourth-order valence-electron chi connectivity index (χ4n) is 2.04. The second kappa shape index (κ2) is 6.94. The maximum absolute atomic E-state index is 6.02. The predicted octanol–water partition coefficient (Wildman–Crippen LogP) is 5.26. The Bertz CT molecular complexity index is 292. The molecule has 1 saturated heterocycles. The molecule has 0 N–H and O–H groups in total. The number of rotatable bonds is 6. The van der Waals surface area contributed by atoms with Crippen LogP contribution in [0.2, 0.25) is 18.1 Å². The first-order chi connectivity index (χ1) is 8.76. The molecule has 0 aromatic carbocycles. The standard InChI is InChI=1S/C16H32O2Si/c1-7-14-11-12-15(18-14)10-8-9-13-17-19(5,6)16(2,3)4/h9,13-15H,7-8,10-12H2,1-6H3/b13-9+. The molecule has 0 aliphatic carbocycles. The van der Waals surface area contributed by atoms with Crippen molar-refractivity contribution < 1.29 is 9.16 Å². The van der Waals surface area contributed by atoms with E-state index in [1.807, 2.05) is 6.26 Å². The second-order valence-corrected chi connectivity index (χ2v) is 11.9. The van der Waals surface area contributed by atoms with Gasteiger partial charge in [0.1, 0.15) is 0 Å². The van der Waals surface area contributed by atoms with Crippen molar-refractivity contribution in [2.75, 3.05) is 0 Å². The lowest BCUT2D eigenvalue weighted by Crippen LogP contribution is -2.39. The monoisotopic (exact) mass is 284 g/mol. The second-order valence-electron chi connectivity index (χ2n) is 7.19. The van der Waals surface area contributed by atoms with Crippen LogP contribution in [0.25, 0.3) is 0 Å². The Balaban J connectivity index is 2.21. The van der Waals surface area contributed by atoms with Crippen molar-refractivity contribution in [1.29, 1.82) is 0 Å². The van der Waals surface area contributed by atoms with E-state index in [1.54, 1.807) is 0 Å². The summed E-state index contributed by atoms with van der Waals surface area (Å²) in [6, 6.07) is 0. The Kier molecular flexibility index (Phi) is 6.12. The summed E-state index contributed by atoms with van der Waals surface area (Å²) >= 11 is 0. The highest BCUT2D eigenvalue weighted by Crippen LogP contribution is 2.36. The Morgan fingerprint density at radius 2 is 1.84 bits per heavy atom. The van der Waals surface area contributed by atoms with Crippen molar-refractivity contribution in [1.82, 2.24) is 0 Å². The zero-order chi connectivity index (χ0) is 14.5. The van der Waals surface area contributed by atoms with E-state index >= 15 is 0 Å². The van der Waals surface area contributed by atoms with Crippen molar-refractivity contribution in [2.24, 2.45) is 0 Å². The maximum Gasteiger partial charge on any atom is 0.249 e. The van der Waals surface area contributed by atoms with Crippen LogP contribution in [0.4, 0.5) is 0 Å². The van der Waals surface area contributed by atoms with E-state index in [4.69, 9.17) is 9.16 Å². The minimum Gasteiger partial charge on any atom is -0.549 e. The van der Waals surface area contributed by atoms with Gasteiger partial charge in [0, 0.05) is 0 Å². The highest BCUT2D eigenvalue weighted by molar-refractivity contribution is 6.74. The average Bonchev–Trinajstić information content (AvgIpc) is 2.75. The molecular formula is C16H32O2Si. The Morgan fingerprint density at radius 1 is 1.21 bits per heavy atom. The average molecular weight is 285 g/mol. The highest BCUT2D eigenvalue weighted by atomic mass is 28.4. The molecule has 0 amide bonds. The van der Waals surface area contributed by atoms with Crippen LogP contribution in [0.3, 0.4) is 0 Å². The summed E-state index contributed by atoms with van der Waals surface area (Å²) in [4.78, 5) is 0. The Morgan fingerprint density at radius 3 is 2.37 bits per heavy atom. The van der Waals surface area contributed by atoms with Crippen molar-refractivity contribution in [3.8, 4) is 0 Å². The van der Waals surface area contributed by atoms with Crippen LogP contribution in [0.1, 0.15) is 59.8 Å². The fraction of sp³-hybridized carbons (Fsp3) is 0.875. The lowest BCUT2D eigenvalue weighted by molar-refractivity contribution is 0.0394. The SMILES string of the molecule is CCC1CCC(CC/C=C/O[Si](C)(C)C(C)(C)C)O1. The first-order valence-corrected chi connectivity index (χ1v) is 10.7. The molecule has 3 heteroatoms. The molecule has 0 radical (unpaired) electrons. The normalized spacial score (nSPS) is 25.2. The largest absolute Gasteiger partial charge is 0.549 e. The van der Waals surface area contributed by atoms with Gasteiger partial charge in [0.05, 0.1) is 18.5 Å². The molecule has 2 nitrogen and oxygen atoms in total. The Hall–Kier alpha value is -0.283. The van der Waals surface area contributed by atoms with Crippen LogP contribution in [-0.2, 0) is 9.16 Å². The van der Waals surface area contributed by atoms with E-state index in [1.165, 1.54) is 12.8 Å². The van der Waals surface area contributed by atoms with Crippen LogP contribution in [0.5, 0.6) is 0 Å². The number of hydrogen-bond acceptors (Lipinski definition) is 2. The third-order valence-electron chi connectivity index (χ3n) is 4.57. The lowest BCUT2D eigenvalue weighted by atomic mass is 10.1. The molecule has 1 rings (SSSR count). The van der Waals surface area contributed by atoms with Crippen molar-refractivity contribution >= 4 is 8.32 Å². The van der Waals surface area contributed by atoms with E-state index in [9.17, 15) is 0 Å². The van der Waals surface area contributed by atoms with Gasteiger partial charge >= 0.3 is 0 Å². The van der Waals surface area contributed by atoms with Gasteiger partial charge in [-0.25, -0.2) is 0 Å². The van der Waals surface area contributed by atoms with E-state index in [2.05, 4.69) is 46.9 Å². The van der Waals surface area contributed by atoms with Gasteiger partial charge in [0.15, 0.2) is 0 Å². The summed E-state index contributed by atoms with van der Waals surface area (Å²) in [6.45, 7) is 13.6. The van der Waals surface area contributed by atoms with E-state index < -0.39 is 8.32 Å². The molecule has 112 valence electrons. The van der Waals surface area contributed by atoms with Crippen molar-refractivity contribution in [3.05, 3.63) is 12.3 Å². The number of hydrogen-bond donors (Lipinski definition) is 0. The fourth-order valence-corrected chi connectivity index (χ4v) is 2.83. The molecule has 1 aliphatic rings. The zero-order valence-electron chi connectivity index (χ0n) is 13.7. The lowest BCUT2D eigenvalue weighted by Gasteiger charge is -2.35. The molecule has 0 bridgehead atoms. The van der Waals surface area contributed by atoms with Gasteiger partial charge in [0.2, 0.25) is 8.32 Å². The molecule has 0 aromatic heterocycles. The van der Waals surface area contributed by atoms with E-state index in [-0.39, 0.29) is 5.04 Å². The van der Waals surface area contributed by atoms with Gasteiger partial charge < -0.3 is 9.16 Å². The highest BCUT2D eigenvalue weighted by Gasteiger charge is 2.37. The van der Waals surface area contributed by atoms with Crippen molar-refractivity contribution in [3.63, 3.8) is 0 Å². The smallest absolute Gasteiger partial charge is 0.249 e. The summed E-state index contributed by atoms with van der Waals surface area (Å²) in [5.74, 6) is 0. The van der Waals surface area contributed by atoms with Crippen LogP contribution in [0.15, 0.2) is 12.3 Å². The summed E-state index contributed by atoms with van der Waals surface area (Å²) in [7, 11) is -1.62. The third kappa shape index (κ3) is 5.31. The van der Waals surface area contributed by atoms with Gasteiger partial charge in [-0.05, 0) is 50.2 Å². The van der Waals surface area contributed by atoms with Gasteiger partial charge in [-0.2, -0.15) is 0 Å². The topological polar surface area (TPSA) is 18.5 Å². The maximum atomic E-state index is 6.02. The Labute approximate surface area is 120 Å². The summed E-state index contributed by atoms with van der Waals surface area (Å²) < 4.78 is 12.0. The summed E-state index contributed by atoms with van der Waals surface area (Å²) in [5.41, 5.74) is 0. The molecule has 0 spiro atoms. The number of allylic oxidation sites excluding steroid dienone is 1. The molecule has 19 heavy (non-hydrogen) atoms. The van der Waals surface area contributed by atoms with Crippen molar-refractivity contribution in [2.45, 2.75) is 90.1 Å². The quantitative estimate of drug-likeness (QED) is 0.489. The van der Waals surface area contributed by atoms with E-state index in [0.717, 1.165) is 19.3 Å². The minimum atomic E-state index is -1.62. The molecule has 2 unspecified atom stereocenters. The van der Waals surface area contributed by atoms with Crippen LogP contribution in [0, 0.1) is 0 Å². The summed E-state index contributed by atoms with van der Waals surface area (Å²) in [6.07, 6.45) is 10.9. The molecule has 0 saturated carbocycles. The first-order valence-electron chi connectivity index (χ1n) is 7.74. The summed E-state index contributed by atoms with van der Waals surface area (Å²) in [5, 5.41) is 0.278. The van der Waals surface area contributed by atoms with Gasteiger partial charge in [-0.1, -0.05) is 33.8 Å². The van der Waals surface area contributed by atoms with Gasteiger partial charge in [-0.15, -0.1) is 0 Å². The van der Waals surface area contributed by atoms with E-state index in [0.29, 0.717) is 12.2 Å². The first kappa shape index (κ1) is 16.8.